The van der Waals surface area contributed by atoms with Crippen molar-refractivity contribution in [3.05, 3.63) is 23.8 Å². The lowest BCUT2D eigenvalue weighted by atomic mass is 10.2. The molecule has 1 aliphatic carbocycles. The molecule has 28 heavy (non-hydrogen) atoms. The molecular formula is C16H19F2N7O3. The molecule has 0 radical (unpaired) electrons. The van der Waals surface area contributed by atoms with Crippen molar-refractivity contribution in [3.8, 4) is 0 Å². The van der Waals surface area contributed by atoms with Crippen molar-refractivity contribution in [2.24, 2.45) is 5.10 Å². The summed E-state index contributed by atoms with van der Waals surface area (Å²) in [6.07, 6.45) is 1.54. The van der Waals surface area contributed by atoms with E-state index >= 15 is 0 Å². The van der Waals surface area contributed by atoms with Crippen LogP contribution < -0.4 is 26.3 Å². The third-order valence-electron chi connectivity index (χ3n) is 5.36. The fraction of sp³-hybridized carbons (Fsp3) is 0.500. The van der Waals surface area contributed by atoms with Crippen molar-refractivity contribution < 1.29 is 23.1 Å². The summed E-state index contributed by atoms with van der Waals surface area (Å²) in [6.45, 7) is 1.73. The van der Waals surface area contributed by atoms with Gasteiger partial charge in [-0.1, -0.05) is 0 Å². The van der Waals surface area contributed by atoms with Crippen LogP contribution in [0.25, 0.3) is 0 Å². The number of carbonyl (C=O) groups is 1. The number of hydrogen-bond donors (Lipinski definition) is 3. The zero-order chi connectivity index (χ0) is 19.3. The summed E-state index contributed by atoms with van der Waals surface area (Å²) < 4.78 is 35.1. The molecule has 2 atom stereocenters. The molecule has 4 aliphatic rings. The van der Waals surface area contributed by atoms with Crippen molar-refractivity contribution in [2.45, 2.75) is 18.1 Å². The first-order chi connectivity index (χ1) is 13.6. The number of hydrazone groups is 1. The number of nitrogens with one attached hydrogen (secondary N) is 3. The van der Waals surface area contributed by atoms with Gasteiger partial charge < -0.3 is 9.64 Å². The average Bonchev–Trinajstić information content (AvgIpc) is 3.01. The zero-order valence-corrected chi connectivity index (χ0v) is 14.8. The Hall–Kier alpha value is -2.70. The van der Waals surface area contributed by atoms with E-state index in [-0.39, 0.29) is 24.0 Å². The van der Waals surface area contributed by atoms with Crippen LogP contribution in [0.5, 0.6) is 0 Å². The number of halogens is 2. The number of hydroxylamine groups is 1. The van der Waals surface area contributed by atoms with E-state index in [1.54, 1.807) is 16.2 Å². The molecule has 0 aromatic heterocycles. The van der Waals surface area contributed by atoms with Gasteiger partial charge in [-0.05, 0) is 0 Å². The van der Waals surface area contributed by atoms with E-state index in [1.165, 1.54) is 17.0 Å². The van der Waals surface area contributed by atoms with Crippen LogP contribution in [0.3, 0.4) is 0 Å². The van der Waals surface area contributed by atoms with Gasteiger partial charge in [0.2, 0.25) is 0 Å². The Labute approximate surface area is 158 Å². The molecule has 1 amide bonds. The molecule has 12 heteroatoms. The van der Waals surface area contributed by atoms with Crippen molar-refractivity contribution in [1.29, 1.82) is 0 Å². The molecule has 150 valence electrons. The predicted octanol–water partition coefficient (Wildman–Crippen LogP) is 0.0418. The van der Waals surface area contributed by atoms with Crippen LogP contribution >= 0.6 is 0 Å². The summed E-state index contributed by atoms with van der Waals surface area (Å²) in [5.74, 6) is -1.45. The number of hydrogen-bond acceptors (Lipinski definition) is 9. The Morgan fingerprint density at radius 3 is 2.82 bits per heavy atom. The second kappa shape index (κ2) is 6.43. The number of ether oxygens (including phenoxy) is 1. The number of amides is 1. The molecule has 3 heterocycles. The van der Waals surface area contributed by atoms with Crippen LogP contribution in [-0.2, 0) is 9.57 Å². The lowest BCUT2D eigenvalue weighted by Gasteiger charge is -2.24. The van der Waals surface area contributed by atoms with Gasteiger partial charge in [-0.25, -0.2) is 24.6 Å². The minimum Gasteiger partial charge on any atom is -0.438 e. The molecule has 10 nitrogen and oxygen atoms in total. The first-order valence-corrected chi connectivity index (χ1v) is 8.99. The van der Waals surface area contributed by atoms with E-state index in [9.17, 15) is 13.6 Å². The summed E-state index contributed by atoms with van der Waals surface area (Å²) in [5, 5.41) is 5.53. The Kier molecular flexibility index (Phi) is 4.00. The van der Waals surface area contributed by atoms with Gasteiger partial charge in [-0.15, -0.1) is 5.53 Å². The van der Waals surface area contributed by atoms with E-state index in [4.69, 9.17) is 9.57 Å². The van der Waals surface area contributed by atoms with Crippen LogP contribution in [0.1, 0.15) is 6.42 Å². The fourth-order valence-electron chi connectivity index (χ4n) is 3.88. The quantitative estimate of drug-likeness (QED) is 0.661. The molecule has 1 aromatic rings. The van der Waals surface area contributed by atoms with E-state index in [2.05, 4.69) is 21.7 Å². The van der Waals surface area contributed by atoms with Crippen LogP contribution in [0.15, 0.2) is 17.2 Å². The Bertz CT molecular complexity index is 809. The molecule has 2 unspecified atom stereocenters. The normalized spacial score (nSPS) is 29.3. The first-order valence-electron chi connectivity index (χ1n) is 8.99. The highest BCUT2D eigenvalue weighted by atomic mass is 19.1. The van der Waals surface area contributed by atoms with Crippen molar-refractivity contribution in [3.63, 3.8) is 0 Å². The van der Waals surface area contributed by atoms with Gasteiger partial charge in [0.25, 0.3) is 0 Å². The van der Waals surface area contributed by atoms with Gasteiger partial charge in [0, 0.05) is 38.2 Å². The van der Waals surface area contributed by atoms with Crippen molar-refractivity contribution >= 4 is 23.8 Å². The summed E-state index contributed by atoms with van der Waals surface area (Å²) in [5.41, 5.74) is 7.41. The second-order valence-corrected chi connectivity index (χ2v) is 7.10. The molecule has 3 fully saturated rings. The maximum absolute atomic E-state index is 14.8. The van der Waals surface area contributed by atoms with Crippen molar-refractivity contribution in [1.82, 2.24) is 21.6 Å². The minimum atomic E-state index is -0.726. The third-order valence-corrected chi connectivity index (χ3v) is 5.36. The molecule has 1 spiro atoms. The standard InChI is InChI=1S/C16H19F2N7O3/c17-11-5-10(6-12(18)14(11)23-2-1-20-27-4-3-23)24-8-16(28-15(24)26)7-13(16)25-9-19-21-22-25/h5-6,9,13,20-22H,1-4,7-8H2. The summed E-state index contributed by atoms with van der Waals surface area (Å²) in [6, 6.07) is 2.25. The Morgan fingerprint density at radius 1 is 1.25 bits per heavy atom. The lowest BCUT2D eigenvalue weighted by Crippen LogP contribution is -2.43. The molecule has 3 aliphatic heterocycles. The van der Waals surface area contributed by atoms with Gasteiger partial charge in [0.1, 0.15) is 12.0 Å². The van der Waals surface area contributed by atoms with Crippen molar-refractivity contribution in [2.75, 3.05) is 42.6 Å². The van der Waals surface area contributed by atoms with Crippen LogP contribution in [0, 0.1) is 11.6 Å². The molecular weight excluding hydrogens is 376 g/mol. The van der Waals surface area contributed by atoms with Crippen LogP contribution in [-0.4, -0.2) is 61.9 Å². The van der Waals surface area contributed by atoms with Gasteiger partial charge in [-0.2, -0.15) is 5.10 Å². The van der Waals surface area contributed by atoms with Crippen LogP contribution in [0.2, 0.25) is 0 Å². The SMILES string of the molecule is O=C1OC2(CC2N2C=NNN2)CN1c1cc(F)c(N2CCNOCC2)c(F)c1. The molecule has 1 aromatic carbocycles. The average molecular weight is 395 g/mol. The number of nitrogens with zero attached hydrogens (tertiary/aromatic N) is 4. The van der Waals surface area contributed by atoms with Gasteiger partial charge >= 0.3 is 6.09 Å². The summed E-state index contributed by atoms with van der Waals surface area (Å²) in [7, 11) is 0. The molecule has 3 N–H and O–H groups in total. The molecule has 0 bridgehead atoms. The van der Waals surface area contributed by atoms with Crippen LogP contribution in [0.4, 0.5) is 25.0 Å². The topological polar surface area (TPSA) is 93.7 Å². The monoisotopic (exact) mass is 395 g/mol. The first kappa shape index (κ1) is 17.4. The second-order valence-electron chi connectivity index (χ2n) is 7.10. The Morgan fingerprint density at radius 2 is 2.07 bits per heavy atom. The summed E-state index contributed by atoms with van der Waals surface area (Å²) >= 11 is 0. The maximum atomic E-state index is 14.8. The fourth-order valence-corrected chi connectivity index (χ4v) is 3.88. The minimum absolute atomic E-state index is 0.0984. The van der Waals surface area contributed by atoms with Gasteiger partial charge in [0.15, 0.2) is 17.2 Å². The lowest BCUT2D eigenvalue weighted by molar-refractivity contribution is 0.0589. The number of rotatable bonds is 3. The Balaban J connectivity index is 1.36. The third kappa shape index (κ3) is 2.80. The summed E-state index contributed by atoms with van der Waals surface area (Å²) in [4.78, 5) is 20.3. The van der Waals surface area contributed by atoms with E-state index < -0.39 is 23.3 Å². The van der Waals surface area contributed by atoms with Gasteiger partial charge in [-0.3, -0.25) is 14.7 Å². The number of carbonyl (C=O) groups excluding carboxylic acids is 1. The predicted molar refractivity (Wildman–Crippen MR) is 94.1 cm³/mol. The number of hydrazine groups is 2. The van der Waals surface area contributed by atoms with Gasteiger partial charge in [0.05, 0.1) is 24.9 Å². The highest BCUT2D eigenvalue weighted by Gasteiger charge is 2.66. The smallest absolute Gasteiger partial charge is 0.415 e. The molecule has 1 saturated carbocycles. The van der Waals surface area contributed by atoms with E-state index in [0.717, 1.165) is 0 Å². The highest BCUT2D eigenvalue weighted by molar-refractivity contribution is 5.91. The van der Waals surface area contributed by atoms with E-state index in [1.807, 2.05) is 0 Å². The zero-order valence-electron chi connectivity index (χ0n) is 14.8. The molecule has 2 saturated heterocycles. The molecule has 5 rings (SSSR count). The number of anilines is 2. The highest BCUT2D eigenvalue weighted by Crippen LogP contribution is 2.49. The number of benzene rings is 1. The maximum Gasteiger partial charge on any atom is 0.415 e. The van der Waals surface area contributed by atoms with E-state index in [0.29, 0.717) is 32.7 Å². The largest absolute Gasteiger partial charge is 0.438 e.